The molecule has 0 fully saturated rings. The van der Waals surface area contributed by atoms with Crippen molar-refractivity contribution in [3.05, 3.63) is 39.9 Å². The largest absolute Gasteiger partial charge is 0.484 e. The summed E-state index contributed by atoms with van der Waals surface area (Å²) in [5, 5.41) is 8.06. The monoisotopic (exact) mass is 425 g/mol. The Morgan fingerprint density at radius 2 is 2.17 bits per heavy atom. The van der Waals surface area contributed by atoms with Crippen LogP contribution in [0.25, 0.3) is 0 Å². The van der Waals surface area contributed by atoms with Crippen molar-refractivity contribution >= 4 is 17.7 Å². The number of benzene rings is 1. The van der Waals surface area contributed by atoms with E-state index in [0.717, 1.165) is 5.56 Å². The van der Waals surface area contributed by atoms with E-state index < -0.39 is 23.6 Å². The smallest absolute Gasteiger partial charge is 0.410 e. The Morgan fingerprint density at radius 1 is 1.45 bits per heavy atom. The first-order valence-electron chi connectivity index (χ1n) is 9.29. The highest BCUT2D eigenvalue weighted by Gasteiger charge is 2.37. The van der Waals surface area contributed by atoms with Crippen LogP contribution >= 0.6 is 11.6 Å². The summed E-state index contributed by atoms with van der Waals surface area (Å²) >= 11 is 6.30. The summed E-state index contributed by atoms with van der Waals surface area (Å²) in [7, 11) is 1.73. The van der Waals surface area contributed by atoms with Gasteiger partial charge in [0, 0.05) is 30.7 Å². The van der Waals surface area contributed by atoms with E-state index in [1.807, 2.05) is 0 Å². The van der Waals surface area contributed by atoms with Gasteiger partial charge in [-0.1, -0.05) is 16.8 Å². The molecule has 1 aliphatic rings. The van der Waals surface area contributed by atoms with Crippen LogP contribution in [-0.2, 0) is 24.8 Å². The van der Waals surface area contributed by atoms with Gasteiger partial charge in [-0.3, -0.25) is 9.58 Å². The Morgan fingerprint density at radius 3 is 2.76 bits per heavy atom. The number of ether oxygens (including phenoxy) is 2. The quantitative estimate of drug-likeness (QED) is 0.809. The second-order valence-corrected chi connectivity index (χ2v) is 8.32. The van der Waals surface area contributed by atoms with Gasteiger partial charge in [0.15, 0.2) is 11.6 Å². The molecule has 1 aromatic heterocycles. The summed E-state index contributed by atoms with van der Waals surface area (Å²) in [6.07, 6.45) is 1.60. The Balaban J connectivity index is 1.97. The first-order chi connectivity index (χ1) is 13.6. The van der Waals surface area contributed by atoms with Crippen molar-refractivity contribution in [3.63, 3.8) is 0 Å². The van der Waals surface area contributed by atoms with Crippen molar-refractivity contribution in [1.82, 2.24) is 19.9 Å². The van der Waals surface area contributed by atoms with Gasteiger partial charge in [0.2, 0.25) is 0 Å². The normalized spacial score (nSPS) is 16.5. The topological polar surface area (TPSA) is 95.5 Å². The molecule has 0 radical (unpaired) electrons. The summed E-state index contributed by atoms with van der Waals surface area (Å²) in [5.74, 6) is -0.610. The number of aromatic nitrogens is 3. The SMILES string of the molecule is Cn1cc(COc2c(F)cc(Cl)c3c2[C@@H](CN)N(C(=O)OC(C)(C)C)CC3)nn1. The first kappa shape index (κ1) is 21.3. The number of amides is 1. The molecule has 0 unspecified atom stereocenters. The molecule has 158 valence electrons. The van der Waals surface area contributed by atoms with E-state index in [1.165, 1.54) is 15.6 Å². The lowest BCUT2D eigenvalue weighted by molar-refractivity contribution is 0.0146. The molecule has 0 bridgehead atoms. The van der Waals surface area contributed by atoms with Crippen molar-refractivity contribution in [3.8, 4) is 5.75 Å². The minimum Gasteiger partial charge on any atom is -0.484 e. The number of carbonyl (C=O) groups excluding carboxylic acids is 1. The third kappa shape index (κ3) is 4.62. The number of hydrogen-bond acceptors (Lipinski definition) is 6. The lowest BCUT2D eigenvalue weighted by Gasteiger charge is -2.38. The molecule has 2 heterocycles. The first-order valence-corrected chi connectivity index (χ1v) is 9.67. The molecule has 1 aliphatic heterocycles. The molecule has 10 heteroatoms. The molecule has 0 spiro atoms. The van der Waals surface area contributed by atoms with Gasteiger partial charge in [-0.15, -0.1) is 5.10 Å². The van der Waals surface area contributed by atoms with E-state index in [1.54, 1.807) is 34.0 Å². The van der Waals surface area contributed by atoms with Gasteiger partial charge in [-0.25, -0.2) is 9.18 Å². The van der Waals surface area contributed by atoms with Crippen molar-refractivity contribution < 1.29 is 18.7 Å². The number of halogens is 2. The fourth-order valence-corrected chi connectivity index (χ4v) is 3.64. The number of carbonyl (C=O) groups is 1. The number of fused-ring (bicyclic) bond motifs is 1. The van der Waals surface area contributed by atoms with Crippen molar-refractivity contribution in [2.45, 2.75) is 45.4 Å². The predicted molar refractivity (Wildman–Crippen MR) is 105 cm³/mol. The molecular weight excluding hydrogens is 401 g/mol. The number of nitrogens with zero attached hydrogens (tertiary/aromatic N) is 4. The van der Waals surface area contributed by atoms with Crippen LogP contribution in [0.2, 0.25) is 5.02 Å². The van der Waals surface area contributed by atoms with Gasteiger partial charge in [0.05, 0.1) is 12.2 Å². The van der Waals surface area contributed by atoms with Crippen molar-refractivity contribution in [2.75, 3.05) is 13.1 Å². The van der Waals surface area contributed by atoms with Crippen molar-refractivity contribution in [2.24, 2.45) is 12.8 Å². The predicted octanol–water partition coefficient (Wildman–Crippen LogP) is 2.98. The highest BCUT2D eigenvalue weighted by atomic mass is 35.5. The molecule has 2 aromatic rings. The fourth-order valence-electron chi connectivity index (χ4n) is 3.35. The third-order valence-corrected chi connectivity index (χ3v) is 4.84. The summed E-state index contributed by atoms with van der Waals surface area (Å²) in [6, 6.07) is 0.599. The second kappa shape index (κ2) is 8.16. The third-order valence-electron chi connectivity index (χ3n) is 4.51. The minimum atomic E-state index is -0.665. The van der Waals surface area contributed by atoms with Crippen LogP contribution in [0.15, 0.2) is 12.3 Å². The van der Waals surface area contributed by atoms with Crippen molar-refractivity contribution in [1.29, 1.82) is 0 Å². The van der Waals surface area contributed by atoms with Gasteiger partial charge < -0.3 is 15.2 Å². The van der Waals surface area contributed by atoms with Crippen LogP contribution < -0.4 is 10.5 Å². The Bertz CT molecular complexity index is 912. The minimum absolute atomic E-state index is 0.0127. The number of aryl methyl sites for hydroxylation is 1. The zero-order valence-corrected chi connectivity index (χ0v) is 17.7. The number of rotatable bonds is 4. The maximum Gasteiger partial charge on any atom is 0.410 e. The Kier molecular flexibility index (Phi) is 6.00. The van der Waals surface area contributed by atoms with E-state index >= 15 is 0 Å². The summed E-state index contributed by atoms with van der Waals surface area (Å²) in [6.45, 7) is 5.79. The van der Waals surface area contributed by atoms with Crippen LogP contribution in [0.1, 0.15) is 43.6 Å². The maximum atomic E-state index is 14.8. The molecular formula is C19H25ClFN5O3. The molecule has 0 saturated heterocycles. The summed E-state index contributed by atoms with van der Waals surface area (Å²) in [5.41, 5.74) is 7.06. The molecule has 2 N–H and O–H groups in total. The molecule has 1 aromatic carbocycles. The van der Waals surface area contributed by atoms with E-state index in [4.69, 9.17) is 26.8 Å². The van der Waals surface area contributed by atoms with Crippen LogP contribution in [0, 0.1) is 5.82 Å². The lowest BCUT2D eigenvalue weighted by atomic mass is 9.91. The molecule has 29 heavy (non-hydrogen) atoms. The molecule has 1 atom stereocenters. The molecule has 0 aliphatic carbocycles. The standard InChI is InChI=1S/C19H25ClFN5O3/c1-19(2,3)29-18(27)26-6-5-12-13(20)7-14(21)17(16(12)15(26)8-22)28-10-11-9-25(4)24-23-11/h7,9,15H,5-6,8,10,22H2,1-4H3/t15-/m1/s1. The highest BCUT2D eigenvalue weighted by molar-refractivity contribution is 6.31. The Hall–Kier alpha value is -2.39. The van der Waals surface area contributed by atoms with Crippen LogP contribution in [0.4, 0.5) is 9.18 Å². The van der Waals surface area contributed by atoms with Crippen LogP contribution in [-0.4, -0.2) is 44.7 Å². The molecule has 1 amide bonds. The van der Waals surface area contributed by atoms with Crippen LogP contribution in [0.3, 0.4) is 0 Å². The van der Waals surface area contributed by atoms with E-state index in [2.05, 4.69) is 10.3 Å². The van der Waals surface area contributed by atoms with Gasteiger partial charge >= 0.3 is 6.09 Å². The zero-order chi connectivity index (χ0) is 21.3. The van der Waals surface area contributed by atoms with Gasteiger partial charge in [0.1, 0.15) is 17.9 Å². The lowest BCUT2D eigenvalue weighted by Crippen LogP contribution is -2.45. The average Bonchev–Trinajstić information content (AvgIpc) is 3.04. The van der Waals surface area contributed by atoms with Gasteiger partial charge in [-0.05, 0) is 38.8 Å². The second-order valence-electron chi connectivity index (χ2n) is 7.91. The summed E-state index contributed by atoms with van der Waals surface area (Å²) in [4.78, 5) is 14.2. The molecule has 8 nitrogen and oxygen atoms in total. The van der Waals surface area contributed by atoms with E-state index in [9.17, 15) is 9.18 Å². The van der Waals surface area contributed by atoms with Gasteiger partial charge in [0.25, 0.3) is 0 Å². The maximum absolute atomic E-state index is 14.8. The molecule has 0 saturated carbocycles. The average molecular weight is 426 g/mol. The molecule has 3 rings (SSSR count). The number of hydrogen-bond donors (Lipinski definition) is 1. The van der Waals surface area contributed by atoms with Crippen LogP contribution in [0.5, 0.6) is 5.75 Å². The number of nitrogens with two attached hydrogens (primary N) is 1. The van der Waals surface area contributed by atoms with Gasteiger partial charge in [-0.2, -0.15) is 0 Å². The zero-order valence-electron chi connectivity index (χ0n) is 16.9. The Labute approximate surface area is 173 Å². The van der Waals surface area contributed by atoms with E-state index in [0.29, 0.717) is 24.2 Å². The summed E-state index contributed by atoms with van der Waals surface area (Å²) < 4.78 is 27.6. The van der Waals surface area contributed by atoms with E-state index in [-0.39, 0.29) is 23.9 Å². The fraction of sp³-hybridized carbons (Fsp3) is 0.526. The highest BCUT2D eigenvalue weighted by Crippen LogP contribution is 2.42.